The number of benzene rings is 2. The number of rotatable bonds is 5. The molecule has 5 aromatic rings. The summed E-state index contributed by atoms with van der Waals surface area (Å²) in [4.78, 5) is 20.7. The molecule has 1 aliphatic rings. The number of hydrogen-bond donors (Lipinski definition) is 4. The first-order chi connectivity index (χ1) is 15.2. The van der Waals surface area contributed by atoms with Crippen molar-refractivity contribution in [1.29, 1.82) is 0 Å². The highest BCUT2D eigenvalue weighted by Crippen LogP contribution is 2.29. The fraction of sp³-hybridized carbons (Fsp3) is 0.174. The van der Waals surface area contributed by atoms with Gasteiger partial charge in [0.2, 0.25) is 0 Å². The molecule has 8 heteroatoms. The number of aromatic nitrogens is 4. The zero-order chi connectivity index (χ0) is 20.8. The predicted octanol–water partition coefficient (Wildman–Crippen LogP) is 3.32. The number of carbonyl (C=O) groups excluding carboxylic acids is 1. The summed E-state index contributed by atoms with van der Waals surface area (Å²) in [5.74, 6) is 1.10. The highest BCUT2D eigenvalue weighted by Gasteiger charge is 2.19. The van der Waals surface area contributed by atoms with Gasteiger partial charge in [0.1, 0.15) is 5.69 Å². The van der Waals surface area contributed by atoms with Crippen molar-refractivity contribution in [2.45, 2.75) is 0 Å². The molecule has 4 N–H and O–H groups in total. The Morgan fingerprint density at radius 3 is 2.84 bits per heavy atom. The van der Waals surface area contributed by atoms with Gasteiger partial charge >= 0.3 is 0 Å². The molecule has 0 aliphatic carbocycles. The largest absolute Gasteiger partial charge is 0.472 e. The second kappa shape index (κ2) is 7.10. The van der Waals surface area contributed by atoms with E-state index in [-0.39, 0.29) is 5.91 Å². The van der Waals surface area contributed by atoms with Gasteiger partial charge in [-0.1, -0.05) is 6.07 Å². The van der Waals surface area contributed by atoms with E-state index < -0.39 is 0 Å². The summed E-state index contributed by atoms with van der Waals surface area (Å²) >= 11 is 0. The molecule has 154 valence electrons. The van der Waals surface area contributed by atoms with Crippen molar-refractivity contribution in [2.24, 2.45) is 5.92 Å². The number of imidazole rings is 1. The Hall–Kier alpha value is -3.91. The number of carbonyl (C=O) groups is 1. The normalized spacial score (nSPS) is 14.2. The molecule has 0 bridgehead atoms. The predicted molar refractivity (Wildman–Crippen MR) is 118 cm³/mol. The van der Waals surface area contributed by atoms with Crippen LogP contribution in [0.4, 0.5) is 0 Å². The number of furan rings is 1. The molecule has 3 aromatic heterocycles. The summed E-state index contributed by atoms with van der Waals surface area (Å²) in [6.07, 6.45) is 3.37. The van der Waals surface area contributed by atoms with Crippen molar-refractivity contribution >= 4 is 27.8 Å². The lowest BCUT2D eigenvalue weighted by molar-refractivity contribution is 0.0942. The summed E-state index contributed by atoms with van der Waals surface area (Å²) in [5.41, 5.74) is 5.97. The first-order valence-electron chi connectivity index (χ1n) is 10.2. The van der Waals surface area contributed by atoms with Gasteiger partial charge in [0.25, 0.3) is 5.91 Å². The molecule has 1 aliphatic heterocycles. The molecule has 0 atom stereocenters. The van der Waals surface area contributed by atoms with Gasteiger partial charge in [0.15, 0.2) is 5.82 Å². The van der Waals surface area contributed by atoms with Gasteiger partial charge in [0, 0.05) is 42.1 Å². The molecule has 31 heavy (non-hydrogen) atoms. The van der Waals surface area contributed by atoms with Crippen LogP contribution >= 0.6 is 0 Å². The third kappa shape index (κ3) is 3.17. The maximum absolute atomic E-state index is 12.6. The van der Waals surface area contributed by atoms with Gasteiger partial charge in [-0.05, 0) is 42.0 Å². The molecule has 0 unspecified atom stereocenters. The Morgan fingerprint density at radius 1 is 1.10 bits per heavy atom. The van der Waals surface area contributed by atoms with E-state index >= 15 is 0 Å². The Kier molecular flexibility index (Phi) is 4.10. The molecular formula is C23H20N6O2. The molecule has 1 amide bonds. The number of nitrogens with zero attached hydrogens (tertiary/aromatic N) is 2. The molecular weight excluding hydrogens is 392 g/mol. The first kappa shape index (κ1) is 17.9. The van der Waals surface area contributed by atoms with E-state index in [0.29, 0.717) is 29.5 Å². The smallest absolute Gasteiger partial charge is 0.251 e. The maximum Gasteiger partial charge on any atom is 0.251 e. The summed E-state index contributed by atoms with van der Waals surface area (Å²) in [6, 6.07) is 13.5. The van der Waals surface area contributed by atoms with Crippen molar-refractivity contribution in [3.63, 3.8) is 0 Å². The average molecular weight is 412 g/mol. The minimum Gasteiger partial charge on any atom is -0.472 e. The molecule has 0 spiro atoms. The van der Waals surface area contributed by atoms with Crippen molar-refractivity contribution in [1.82, 2.24) is 30.8 Å². The highest BCUT2D eigenvalue weighted by atomic mass is 16.3. The van der Waals surface area contributed by atoms with Crippen LogP contribution in [0.1, 0.15) is 10.4 Å². The molecule has 8 nitrogen and oxygen atoms in total. The fourth-order valence-corrected chi connectivity index (χ4v) is 3.90. The quantitative estimate of drug-likeness (QED) is 0.354. The van der Waals surface area contributed by atoms with Crippen molar-refractivity contribution in [2.75, 3.05) is 19.6 Å². The molecule has 0 radical (unpaired) electrons. The molecule has 2 aromatic carbocycles. The second-order valence-corrected chi connectivity index (χ2v) is 7.90. The molecule has 1 fully saturated rings. The van der Waals surface area contributed by atoms with Crippen LogP contribution in [0.25, 0.3) is 44.6 Å². The van der Waals surface area contributed by atoms with E-state index in [1.165, 1.54) is 0 Å². The number of hydrogen-bond acceptors (Lipinski definition) is 5. The van der Waals surface area contributed by atoms with Crippen LogP contribution in [0.2, 0.25) is 0 Å². The number of H-pyrrole nitrogens is 2. The Labute approximate surface area is 177 Å². The van der Waals surface area contributed by atoms with Crippen molar-refractivity contribution in [3.05, 3.63) is 60.6 Å². The Morgan fingerprint density at radius 2 is 2.03 bits per heavy atom. The summed E-state index contributed by atoms with van der Waals surface area (Å²) in [5, 5.41) is 14.6. The SMILES string of the molecule is O=C(NCC1CNC1)c1ccc2[nH]nc(-c3nc4ccc(-c5ccoc5)cc4[nH]3)c2c1. The van der Waals surface area contributed by atoms with E-state index in [9.17, 15) is 4.79 Å². The lowest BCUT2D eigenvalue weighted by atomic mass is 10.0. The third-order valence-electron chi connectivity index (χ3n) is 5.80. The number of fused-ring (bicyclic) bond motifs is 2. The van der Waals surface area contributed by atoms with Gasteiger partial charge < -0.3 is 20.0 Å². The van der Waals surface area contributed by atoms with E-state index in [1.54, 1.807) is 12.5 Å². The molecule has 6 rings (SSSR count). The molecule has 4 heterocycles. The highest BCUT2D eigenvalue weighted by molar-refractivity contribution is 6.01. The number of amides is 1. The van der Waals surface area contributed by atoms with E-state index in [0.717, 1.165) is 46.2 Å². The fourth-order valence-electron chi connectivity index (χ4n) is 3.90. The molecule has 0 saturated carbocycles. The standard InChI is InChI=1S/C23H20N6O2/c30-23(25-11-13-9-24-10-13)15-2-3-18-17(7-15)21(29-28-18)22-26-19-4-1-14(8-20(19)27-22)16-5-6-31-12-16/h1-8,12-13,24H,9-11H2,(H,25,30)(H,26,27)(H,28,29). The van der Waals surface area contributed by atoms with Crippen LogP contribution < -0.4 is 10.6 Å². The van der Waals surface area contributed by atoms with Crippen LogP contribution in [0.5, 0.6) is 0 Å². The van der Waals surface area contributed by atoms with E-state index in [2.05, 4.69) is 25.8 Å². The molecule has 1 saturated heterocycles. The summed E-state index contributed by atoms with van der Waals surface area (Å²) in [7, 11) is 0. The zero-order valence-electron chi connectivity index (χ0n) is 16.6. The van der Waals surface area contributed by atoms with Gasteiger partial charge in [-0.15, -0.1) is 0 Å². The van der Waals surface area contributed by atoms with Crippen LogP contribution in [0.3, 0.4) is 0 Å². The maximum atomic E-state index is 12.6. The summed E-state index contributed by atoms with van der Waals surface area (Å²) < 4.78 is 5.19. The Balaban J connectivity index is 1.34. The van der Waals surface area contributed by atoms with Crippen molar-refractivity contribution < 1.29 is 9.21 Å². The summed E-state index contributed by atoms with van der Waals surface area (Å²) in [6.45, 7) is 2.60. The van der Waals surface area contributed by atoms with Crippen molar-refractivity contribution in [3.8, 4) is 22.6 Å². The zero-order valence-corrected chi connectivity index (χ0v) is 16.6. The van der Waals surface area contributed by atoms with Gasteiger partial charge in [-0.25, -0.2) is 4.98 Å². The lowest BCUT2D eigenvalue weighted by Crippen LogP contribution is -2.48. The van der Waals surface area contributed by atoms with Gasteiger partial charge in [-0.2, -0.15) is 5.10 Å². The lowest BCUT2D eigenvalue weighted by Gasteiger charge is -2.27. The van der Waals surface area contributed by atoms with Crippen LogP contribution in [0.15, 0.2) is 59.4 Å². The second-order valence-electron chi connectivity index (χ2n) is 7.90. The number of aromatic amines is 2. The van der Waals surface area contributed by atoms with Crippen LogP contribution in [-0.4, -0.2) is 45.7 Å². The van der Waals surface area contributed by atoms with Gasteiger partial charge in [-0.3, -0.25) is 9.89 Å². The minimum absolute atomic E-state index is 0.0738. The van der Waals surface area contributed by atoms with Crippen LogP contribution in [0, 0.1) is 5.92 Å². The first-order valence-corrected chi connectivity index (χ1v) is 10.2. The topological polar surface area (TPSA) is 112 Å². The Bertz CT molecular complexity index is 1390. The van der Waals surface area contributed by atoms with E-state index in [1.807, 2.05) is 42.5 Å². The van der Waals surface area contributed by atoms with Crippen LogP contribution in [-0.2, 0) is 0 Å². The third-order valence-corrected chi connectivity index (χ3v) is 5.80. The minimum atomic E-state index is -0.0738. The monoisotopic (exact) mass is 412 g/mol. The van der Waals surface area contributed by atoms with Gasteiger partial charge in [0.05, 0.1) is 29.1 Å². The van der Waals surface area contributed by atoms with E-state index in [4.69, 9.17) is 9.40 Å². The average Bonchev–Trinajstić information content (AvgIpc) is 3.50. The number of nitrogens with one attached hydrogen (secondary N) is 4.